The van der Waals surface area contributed by atoms with Gasteiger partial charge in [-0.1, -0.05) is 66.4 Å². The number of halogens is 2. The van der Waals surface area contributed by atoms with Crippen molar-refractivity contribution in [2.75, 3.05) is 6.54 Å². The molecule has 2 aromatic rings. The third-order valence-corrected chi connectivity index (χ3v) is 5.12. The molecule has 7 heteroatoms. The molecule has 0 saturated carbocycles. The van der Waals surface area contributed by atoms with Crippen LogP contribution in [0.5, 0.6) is 5.75 Å². The number of carbonyl (C=O) groups is 1. The summed E-state index contributed by atoms with van der Waals surface area (Å²) in [6.45, 7) is -2.34. The van der Waals surface area contributed by atoms with Gasteiger partial charge >= 0.3 is 6.61 Å². The normalized spacial score (nSPS) is 16.0. The number of carbonyl (C=O) groups excluding carboxylic acids is 1. The molecule has 1 saturated heterocycles. The van der Waals surface area contributed by atoms with Gasteiger partial charge in [0.2, 0.25) is 0 Å². The highest BCUT2D eigenvalue weighted by molar-refractivity contribution is 8.26. The molecule has 2 aromatic carbocycles. The Morgan fingerprint density at radius 3 is 2.46 bits per heavy atom. The van der Waals surface area contributed by atoms with Crippen LogP contribution in [0, 0.1) is 0 Å². The van der Waals surface area contributed by atoms with E-state index in [-0.39, 0.29) is 11.7 Å². The highest BCUT2D eigenvalue weighted by Crippen LogP contribution is 2.32. The Kier molecular flexibility index (Phi) is 6.00. The van der Waals surface area contributed by atoms with Crippen LogP contribution in [0.4, 0.5) is 8.78 Å². The number of rotatable bonds is 6. The van der Waals surface area contributed by atoms with Crippen LogP contribution in [-0.4, -0.2) is 28.3 Å². The lowest BCUT2D eigenvalue weighted by Gasteiger charge is -2.14. The Balaban J connectivity index is 1.66. The van der Waals surface area contributed by atoms with Crippen LogP contribution in [-0.2, 0) is 11.2 Å². The van der Waals surface area contributed by atoms with Crippen molar-refractivity contribution in [1.82, 2.24) is 4.90 Å². The van der Waals surface area contributed by atoms with E-state index in [9.17, 15) is 13.6 Å². The number of nitrogens with zero attached hydrogens (tertiary/aromatic N) is 1. The Morgan fingerprint density at radius 2 is 1.81 bits per heavy atom. The average Bonchev–Trinajstić information content (AvgIpc) is 2.89. The molecule has 0 unspecified atom stereocenters. The van der Waals surface area contributed by atoms with Crippen molar-refractivity contribution >= 4 is 40.3 Å². The van der Waals surface area contributed by atoms with Gasteiger partial charge in [-0.15, -0.1) is 0 Å². The van der Waals surface area contributed by atoms with Gasteiger partial charge in [-0.3, -0.25) is 9.69 Å². The molecule has 0 bridgehead atoms. The minimum atomic E-state index is -2.86. The van der Waals surface area contributed by atoms with Gasteiger partial charge in [-0.2, -0.15) is 8.78 Å². The summed E-state index contributed by atoms with van der Waals surface area (Å²) in [5, 5.41) is 0. The topological polar surface area (TPSA) is 29.5 Å². The van der Waals surface area contributed by atoms with E-state index in [1.807, 2.05) is 30.3 Å². The summed E-state index contributed by atoms with van der Waals surface area (Å²) in [5.41, 5.74) is 1.86. The van der Waals surface area contributed by atoms with Crippen LogP contribution in [0.3, 0.4) is 0 Å². The van der Waals surface area contributed by atoms with Crippen LogP contribution in [0.15, 0.2) is 59.5 Å². The van der Waals surface area contributed by atoms with E-state index in [4.69, 9.17) is 12.2 Å². The van der Waals surface area contributed by atoms with Crippen LogP contribution >= 0.6 is 24.0 Å². The predicted octanol–water partition coefficient (Wildman–Crippen LogP) is 4.73. The predicted molar refractivity (Wildman–Crippen MR) is 103 cm³/mol. The molecule has 3 nitrogen and oxygen atoms in total. The van der Waals surface area contributed by atoms with Gasteiger partial charge in [0.15, 0.2) is 0 Å². The van der Waals surface area contributed by atoms with E-state index in [1.165, 1.54) is 23.9 Å². The number of hydrogen-bond donors (Lipinski definition) is 0. The summed E-state index contributed by atoms with van der Waals surface area (Å²) in [6.07, 6.45) is 2.42. The molecular weight excluding hydrogens is 376 g/mol. The molecule has 1 amide bonds. The molecule has 0 spiro atoms. The standard InChI is InChI=1S/C19H15F2NO2S2/c20-18(21)24-15-8-6-14(7-9-15)12-16-17(23)22(19(25)26-16)11-10-13-4-2-1-3-5-13/h1-9,12,18H,10-11H2. The van der Waals surface area contributed by atoms with Gasteiger partial charge in [0.25, 0.3) is 5.91 Å². The molecule has 134 valence electrons. The zero-order chi connectivity index (χ0) is 18.5. The quantitative estimate of drug-likeness (QED) is 0.526. The van der Waals surface area contributed by atoms with E-state index in [0.717, 1.165) is 17.5 Å². The fraction of sp³-hybridized carbons (Fsp3) is 0.158. The third-order valence-electron chi connectivity index (χ3n) is 3.74. The molecular formula is C19H15F2NO2S2. The number of amides is 1. The monoisotopic (exact) mass is 391 g/mol. The number of hydrogen-bond acceptors (Lipinski definition) is 4. The molecule has 0 N–H and O–H groups in total. The van der Waals surface area contributed by atoms with Gasteiger partial charge in [0.05, 0.1) is 4.91 Å². The summed E-state index contributed by atoms with van der Waals surface area (Å²) in [4.78, 5) is 14.7. The van der Waals surface area contributed by atoms with Gasteiger partial charge in [-0.05, 0) is 35.8 Å². The van der Waals surface area contributed by atoms with E-state index in [1.54, 1.807) is 23.1 Å². The summed E-state index contributed by atoms with van der Waals surface area (Å²) < 4.78 is 29.2. The maximum Gasteiger partial charge on any atom is 0.387 e. The van der Waals surface area contributed by atoms with Crippen molar-refractivity contribution in [1.29, 1.82) is 0 Å². The highest BCUT2D eigenvalue weighted by atomic mass is 32.2. The van der Waals surface area contributed by atoms with Gasteiger partial charge in [-0.25, -0.2) is 0 Å². The Morgan fingerprint density at radius 1 is 1.12 bits per heavy atom. The van der Waals surface area contributed by atoms with Crippen molar-refractivity contribution in [3.8, 4) is 5.75 Å². The number of benzene rings is 2. The average molecular weight is 391 g/mol. The molecule has 1 aliphatic heterocycles. The van der Waals surface area contributed by atoms with E-state index >= 15 is 0 Å². The largest absolute Gasteiger partial charge is 0.435 e. The molecule has 1 aliphatic rings. The number of ether oxygens (including phenoxy) is 1. The second kappa shape index (κ2) is 8.42. The number of alkyl halides is 2. The molecule has 1 heterocycles. The molecule has 0 radical (unpaired) electrons. The highest BCUT2D eigenvalue weighted by Gasteiger charge is 2.31. The van der Waals surface area contributed by atoms with E-state index < -0.39 is 6.61 Å². The Bertz CT molecular complexity index is 823. The van der Waals surface area contributed by atoms with Crippen molar-refractivity contribution in [3.05, 3.63) is 70.6 Å². The van der Waals surface area contributed by atoms with Gasteiger partial charge in [0.1, 0.15) is 10.1 Å². The van der Waals surface area contributed by atoms with Gasteiger partial charge < -0.3 is 4.74 Å². The lowest BCUT2D eigenvalue weighted by atomic mass is 10.1. The van der Waals surface area contributed by atoms with Crippen molar-refractivity contribution < 1.29 is 18.3 Å². The lowest BCUT2D eigenvalue weighted by Crippen LogP contribution is -2.30. The second-order valence-corrected chi connectivity index (χ2v) is 7.19. The summed E-state index contributed by atoms with van der Waals surface area (Å²) in [5.74, 6) is -0.0589. The van der Waals surface area contributed by atoms with Crippen LogP contribution in [0.1, 0.15) is 11.1 Å². The molecule has 26 heavy (non-hydrogen) atoms. The first-order valence-electron chi connectivity index (χ1n) is 7.87. The zero-order valence-corrected chi connectivity index (χ0v) is 15.2. The van der Waals surface area contributed by atoms with Crippen molar-refractivity contribution in [3.63, 3.8) is 0 Å². The maximum atomic E-state index is 12.6. The maximum absolute atomic E-state index is 12.6. The van der Waals surface area contributed by atoms with Crippen LogP contribution < -0.4 is 4.74 Å². The SMILES string of the molecule is O=C1C(=Cc2ccc(OC(F)F)cc2)SC(=S)N1CCc1ccccc1. The zero-order valence-electron chi connectivity index (χ0n) is 13.6. The van der Waals surface area contributed by atoms with Crippen molar-refractivity contribution in [2.24, 2.45) is 0 Å². The van der Waals surface area contributed by atoms with Gasteiger partial charge in [0, 0.05) is 6.54 Å². The van der Waals surface area contributed by atoms with Crippen LogP contribution in [0.2, 0.25) is 0 Å². The summed E-state index contributed by atoms with van der Waals surface area (Å²) >= 11 is 6.56. The Hall–Kier alpha value is -2.25. The molecule has 0 atom stereocenters. The van der Waals surface area contributed by atoms with E-state index in [0.29, 0.717) is 15.8 Å². The smallest absolute Gasteiger partial charge is 0.387 e. The minimum absolute atomic E-state index is 0.0764. The first kappa shape index (κ1) is 18.5. The Labute approximate surface area is 159 Å². The minimum Gasteiger partial charge on any atom is -0.435 e. The number of thiocarbonyl (C=S) groups is 1. The molecule has 0 aromatic heterocycles. The fourth-order valence-electron chi connectivity index (χ4n) is 2.48. The third kappa shape index (κ3) is 4.68. The van der Waals surface area contributed by atoms with Crippen molar-refractivity contribution in [2.45, 2.75) is 13.0 Å². The lowest BCUT2D eigenvalue weighted by molar-refractivity contribution is -0.122. The first-order chi connectivity index (χ1) is 12.5. The molecule has 3 rings (SSSR count). The van der Waals surface area contributed by atoms with Crippen LogP contribution in [0.25, 0.3) is 6.08 Å². The summed E-state index contributed by atoms with van der Waals surface area (Å²) in [6, 6.07) is 16.0. The first-order valence-corrected chi connectivity index (χ1v) is 9.09. The second-order valence-electron chi connectivity index (χ2n) is 5.52. The van der Waals surface area contributed by atoms with E-state index in [2.05, 4.69) is 4.74 Å². The molecule has 1 fully saturated rings. The molecule has 0 aliphatic carbocycles. The fourth-order valence-corrected chi connectivity index (χ4v) is 3.78. The number of thioether (sulfide) groups is 1. The summed E-state index contributed by atoms with van der Waals surface area (Å²) in [7, 11) is 0.